The summed E-state index contributed by atoms with van der Waals surface area (Å²) in [6.45, 7) is 0. The van der Waals surface area contributed by atoms with Crippen molar-refractivity contribution < 1.29 is 4.92 Å². The van der Waals surface area contributed by atoms with E-state index in [4.69, 9.17) is 0 Å². The van der Waals surface area contributed by atoms with Gasteiger partial charge in [-0.1, -0.05) is 36.4 Å². The van der Waals surface area contributed by atoms with Crippen LogP contribution < -0.4 is 10.6 Å². The van der Waals surface area contributed by atoms with E-state index in [1.165, 1.54) is 6.33 Å². The summed E-state index contributed by atoms with van der Waals surface area (Å²) < 4.78 is 0. The van der Waals surface area contributed by atoms with Gasteiger partial charge in [-0.3, -0.25) is 15.1 Å². The highest BCUT2D eigenvalue weighted by molar-refractivity contribution is 5.93. The third kappa shape index (κ3) is 3.36. The van der Waals surface area contributed by atoms with E-state index in [1.807, 2.05) is 42.5 Å². The van der Waals surface area contributed by atoms with Crippen LogP contribution in [-0.4, -0.2) is 19.9 Å². The minimum absolute atomic E-state index is 0.0894. The van der Waals surface area contributed by atoms with Crippen LogP contribution in [0.25, 0.3) is 10.9 Å². The summed E-state index contributed by atoms with van der Waals surface area (Å²) in [5.41, 5.74) is 1.78. The predicted molar refractivity (Wildman–Crippen MR) is 103 cm³/mol. The van der Waals surface area contributed by atoms with Crippen molar-refractivity contribution in [2.75, 3.05) is 10.6 Å². The van der Waals surface area contributed by atoms with E-state index in [9.17, 15) is 10.1 Å². The van der Waals surface area contributed by atoms with Gasteiger partial charge in [-0.2, -0.15) is 0 Å². The second kappa shape index (κ2) is 7.04. The fourth-order valence-corrected chi connectivity index (χ4v) is 2.73. The number of para-hydroxylation sites is 2. The summed E-state index contributed by atoms with van der Waals surface area (Å²) in [6.07, 6.45) is 2.95. The van der Waals surface area contributed by atoms with E-state index in [2.05, 4.69) is 25.6 Å². The van der Waals surface area contributed by atoms with Gasteiger partial charge in [0.2, 0.25) is 11.6 Å². The van der Waals surface area contributed by atoms with Crippen molar-refractivity contribution in [1.82, 2.24) is 15.0 Å². The van der Waals surface area contributed by atoms with Crippen LogP contribution in [0.3, 0.4) is 0 Å². The number of nitrogens with zero attached hydrogens (tertiary/aromatic N) is 4. The second-order valence-electron chi connectivity index (χ2n) is 5.67. The molecule has 4 aromatic rings. The van der Waals surface area contributed by atoms with Crippen LogP contribution in [0.4, 0.5) is 28.7 Å². The van der Waals surface area contributed by atoms with E-state index in [0.717, 1.165) is 5.39 Å². The Morgan fingerprint density at radius 2 is 1.56 bits per heavy atom. The van der Waals surface area contributed by atoms with Gasteiger partial charge in [0.15, 0.2) is 0 Å². The Balaban J connectivity index is 1.76. The molecule has 0 atom stereocenters. The predicted octanol–water partition coefficient (Wildman–Crippen LogP) is 4.42. The average molecular weight is 358 g/mol. The maximum Gasteiger partial charge on any atom is 0.353 e. The molecule has 0 saturated heterocycles. The lowest BCUT2D eigenvalue weighted by atomic mass is 10.2. The lowest BCUT2D eigenvalue weighted by Crippen LogP contribution is -2.05. The minimum Gasteiger partial charge on any atom is -0.334 e. The van der Waals surface area contributed by atoms with Crippen LogP contribution in [0.5, 0.6) is 0 Å². The molecule has 0 spiro atoms. The Labute approximate surface area is 154 Å². The number of benzene rings is 2. The highest BCUT2D eigenvalue weighted by Crippen LogP contribution is 2.34. The smallest absolute Gasteiger partial charge is 0.334 e. The highest BCUT2D eigenvalue weighted by Gasteiger charge is 2.23. The van der Waals surface area contributed by atoms with Crippen molar-refractivity contribution in [3.63, 3.8) is 0 Å². The first-order valence-electron chi connectivity index (χ1n) is 8.14. The van der Waals surface area contributed by atoms with Gasteiger partial charge < -0.3 is 10.6 Å². The van der Waals surface area contributed by atoms with Crippen molar-refractivity contribution >= 4 is 39.6 Å². The zero-order valence-corrected chi connectivity index (χ0v) is 14.0. The maximum absolute atomic E-state index is 11.7. The molecule has 0 saturated carbocycles. The molecule has 0 aliphatic carbocycles. The van der Waals surface area contributed by atoms with Crippen molar-refractivity contribution in [2.24, 2.45) is 0 Å². The molecule has 0 bridgehead atoms. The lowest BCUT2D eigenvalue weighted by molar-refractivity contribution is -0.383. The molecule has 2 heterocycles. The van der Waals surface area contributed by atoms with E-state index in [-0.39, 0.29) is 17.3 Å². The summed E-state index contributed by atoms with van der Waals surface area (Å²) in [4.78, 5) is 23.7. The van der Waals surface area contributed by atoms with E-state index in [1.54, 1.807) is 24.4 Å². The molecule has 2 N–H and O–H groups in total. The Bertz CT molecular complexity index is 1110. The number of pyridine rings is 1. The molecule has 0 aliphatic rings. The fourth-order valence-electron chi connectivity index (χ4n) is 2.73. The van der Waals surface area contributed by atoms with Crippen molar-refractivity contribution in [1.29, 1.82) is 0 Å². The molecule has 2 aromatic heterocycles. The Hall–Kier alpha value is -4.07. The molecule has 0 unspecified atom stereocenters. The number of fused-ring (bicyclic) bond motifs is 1. The van der Waals surface area contributed by atoms with Crippen LogP contribution >= 0.6 is 0 Å². The molecule has 132 valence electrons. The normalized spacial score (nSPS) is 10.5. The monoisotopic (exact) mass is 358 g/mol. The summed E-state index contributed by atoms with van der Waals surface area (Å²) >= 11 is 0. The summed E-state index contributed by atoms with van der Waals surface area (Å²) in [5.74, 6) is 0.198. The number of aromatic nitrogens is 3. The molecular weight excluding hydrogens is 344 g/mol. The minimum atomic E-state index is -0.508. The lowest BCUT2D eigenvalue weighted by Gasteiger charge is -2.11. The third-order valence-electron chi connectivity index (χ3n) is 3.93. The largest absolute Gasteiger partial charge is 0.353 e. The maximum atomic E-state index is 11.7. The van der Waals surface area contributed by atoms with Crippen LogP contribution in [0.15, 0.2) is 73.2 Å². The molecular formula is C19H14N6O2. The summed E-state index contributed by atoms with van der Waals surface area (Å²) in [5, 5.41) is 18.6. The van der Waals surface area contributed by atoms with Crippen molar-refractivity contribution in [2.45, 2.75) is 0 Å². The van der Waals surface area contributed by atoms with E-state index >= 15 is 0 Å². The zero-order valence-electron chi connectivity index (χ0n) is 14.0. The Morgan fingerprint density at radius 1 is 0.815 bits per heavy atom. The van der Waals surface area contributed by atoms with Gasteiger partial charge in [-0.25, -0.2) is 9.97 Å². The van der Waals surface area contributed by atoms with Crippen LogP contribution in [-0.2, 0) is 0 Å². The van der Waals surface area contributed by atoms with Gasteiger partial charge in [-0.05, 0) is 24.3 Å². The molecule has 2 aromatic carbocycles. The van der Waals surface area contributed by atoms with Gasteiger partial charge in [0.1, 0.15) is 6.33 Å². The molecule has 0 aliphatic heterocycles. The molecule has 27 heavy (non-hydrogen) atoms. The summed E-state index contributed by atoms with van der Waals surface area (Å²) in [6, 6.07) is 18.4. The number of anilines is 4. The first-order chi connectivity index (χ1) is 13.2. The van der Waals surface area contributed by atoms with Crippen LogP contribution in [0, 0.1) is 10.1 Å². The number of nitrogens with one attached hydrogen (secondary N) is 2. The van der Waals surface area contributed by atoms with Gasteiger partial charge in [-0.15, -0.1) is 0 Å². The topological polar surface area (TPSA) is 106 Å². The zero-order chi connectivity index (χ0) is 18.6. The number of hydrogen-bond donors (Lipinski definition) is 2. The molecule has 0 fully saturated rings. The Morgan fingerprint density at radius 3 is 2.33 bits per heavy atom. The highest BCUT2D eigenvalue weighted by atomic mass is 16.6. The van der Waals surface area contributed by atoms with Crippen molar-refractivity contribution in [3.8, 4) is 0 Å². The van der Waals surface area contributed by atoms with Gasteiger partial charge in [0.05, 0.1) is 16.1 Å². The quantitative estimate of drug-likeness (QED) is 0.402. The first-order valence-corrected chi connectivity index (χ1v) is 8.14. The molecule has 4 rings (SSSR count). The molecule has 8 nitrogen and oxygen atoms in total. The molecule has 8 heteroatoms. The SMILES string of the molecule is O=[N+]([O-])c1c(Nc2ccccc2)ncnc1Nc1cccc2cccnc12. The number of hydrogen-bond acceptors (Lipinski definition) is 7. The molecule has 0 amide bonds. The fraction of sp³-hybridized carbons (Fsp3) is 0. The van der Waals surface area contributed by atoms with Crippen LogP contribution in [0.1, 0.15) is 0 Å². The van der Waals surface area contributed by atoms with Gasteiger partial charge >= 0.3 is 5.69 Å². The number of rotatable bonds is 5. The van der Waals surface area contributed by atoms with E-state index in [0.29, 0.717) is 16.9 Å². The van der Waals surface area contributed by atoms with Gasteiger partial charge in [0, 0.05) is 17.3 Å². The second-order valence-corrected chi connectivity index (χ2v) is 5.67. The summed E-state index contributed by atoms with van der Waals surface area (Å²) in [7, 11) is 0. The Kier molecular flexibility index (Phi) is 4.28. The van der Waals surface area contributed by atoms with Gasteiger partial charge in [0.25, 0.3) is 0 Å². The third-order valence-corrected chi connectivity index (χ3v) is 3.93. The van der Waals surface area contributed by atoms with Crippen molar-refractivity contribution in [3.05, 3.63) is 83.3 Å². The van der Waals surface area contributed by atoms with Crippen LogP contribution in [0.2, 0.25) is 0 Å². The molecule has 0 radical (unpaired) electrons. The first kappa shape index (κ1) is 16.4. The number of nitro groups is 1. The average Bonchev–Trinajstić information content (AvgIpc) is 2.69. The standard InChI is InChI=1S/C19H14N6O2/c26-25(27)17-18(23-14-8-2-1-3-9-14)21-12-22-19(17)24-15-10-4-6-13-7-5-11-20-16(13)15/h1-12H,(H2,21,22,23,24). The van der Waals surface area contributed by atoms with E-state index < -0.39 is 4.92 Å².